The molecule has 1 unspecified atom stereocenters. The second-order valence-electron chi connectivity index (χ2n) is 7.10. The number of piperidine rings is 2. The normalized spacial score (nSPS) is 21.7. The van der Waals surface area contributed by atoms with Gasteiger partial charge in [-0.3, -0.25) is 4.79 Å². The number of rotatable bonds is 3. The Bertz CT molecular complexity index is 602. The van der Waals surface area contributed by atoms with Crippen molar-refractivity contribution >= 4 is 17.6 Å². The van der Waals surface area contributed by atoms with Crippen molar-refractivity contribution in [1.82, 2.24) is 9.80 Å². The Morgan fingerprint density at radius 2 is 2.12 bits per heavy atom. The average Bonchev–Trinajstić information content (AvgIpc) is 2.57. The van der Waals surface area contributed by atoms with E-state index in [0.29, 0.717) is 18.9 Å². The number of hydrogen-bond acceptors (Lipinski definition) is 2. The maximum absolute atomic E-state index is 12.4. The second kappa shape index (κ2) is 7.69. The topological polar surface area (TPSA) is 52.7 Å². The van der Waals surface area contributed by atoms with E-state index in [-0.39, 0.29) is 11.9 Å². The Morgan fingerprint density at radius 1 is 1.25 bits per heavy atom. The first kappa shape index (κ1) is 16.8. The van der Waals surface area contributed by atoms with Crippen molar-refractivity contribution < 1.29 is 9.59 Å². The molecule has 5 heteroatoms. The fourth-order valence-electron chi connectivity index (χ4n) is 3.57. The van der Waals surface area contributed by atoms with Crippen LogP contribution in [-0.4, -0.2) is 41.4 Å². The molecule has 0 aliphatic carbocycles. The van der Waals surface area contributed by atoms with Crippen LogP contribution in [0.2, 0.25) is 0 Å². The van der Waals surface area contributed by atoms with E-state index in [1.54, 1.807) is 0 Å². The van der Waals surface area contributed by atoms with Crippen molar-refractivity contribution in [2.75, 3.05) is 25.0 Å². The molecule has 2 saturated heterocycles. The van der Waals surface area contributed by atoms with Crippen LogP contribution in [0, 0.1) is 5.92 Å². The lowest BCUT2D eigenvalue weighted by molar-refractivity contribution is -0.133. The second-order valence-corrected chi connectivity index (χ2v) is 7.10. The van der Waals surface area contributed by atoms with Crippen LogP contribution in [-0.2, 0) is 11.3 Å². The number of amides is 3. The van der Waals surface area contributed by atoms with Crippen LogP contribution in [0.1, 0.15) is 44.6 Å². The zero-order chi connectivity index (χ0) is 16.9. The highest BCUT2D eigenvalue weighted by atomic mass is 16.2. The first-order valence-electron chi connectivity index (χ1n) is 9.04. The van der Waals surface area contributed by atoms with E-state index < -0.39 is 0 Å². The van der Waals surface area contributed by atoms with Gasteiger partial charge in [-0.1, -0.05) is 19.1 Å². The molecule has 0 bridgehead atoms. The third-order valence-corrected chi connectivity index (χ3v) is 4.92. The molecular weight excluding hydrogens is 302 g/mol. The van der Waals surface area contributed by atoms with Gasteiger partial charge in [-0.15, -0.1) is 0 Å². The Hall–Kier alpha value is -2.04. The molecule has 1 aromatic carbocycles. The number of nitrogens with one attached hydrogen (secondary N) is 1. The van der Waals surface area contributed by atoms with E-state index in [4.69, 9.17) is 0 Å². The molecule has 2 fully saturated rings. The van der Waals surface area contributed by atoms with E-state index in [2.05, 4.69) is 12.2 Å². The first-order chi connectivity index (χ1) is 11.6. The largest absolute Gasteiger partial charge is 0.338 e. The molecule has 3 amide bonds. The predicted octanol–water partition coefficient (Wildman–Crippen LogP) is 3.46. The van der Waals surface area contributed by atoms with E-state index in [1.807, 2.05) is 34.1 Å². The number of nitrogens with zero attached hydrogens (tertiary/aromatic N) is 2. The van der Waals surface area contributed by atoms with Gasteiger partial charge in [0, 0.05) is 38.3 Å². The monoisotopic (exact) mass is 329 g/mol. The van der Waals surface area contributed by atoms with Crippen LogP contribution < -0.4 is 5.32 Å². The number of hydrogen-bond donors (Lipinski definition) is 1. The van der Waals surface area contributed by atoms with Crippen molar-refractivity contribution in [2.45, 2.75) is 45.6 Å². The lowest BCUT2D eigenvalue weighted by Gasteiger charge is -2.31. The number of carbonyl (C=O) groups excluding carboxylic acids is 2. The zero-order valence-corrected chi connectivity index (χ0v) is 14.5. The summed E-state index contributed by atoms with van der Waals surface area (Å²) in [5.74, 6) is 0.805. The van der Waals surface area contributed by atoms with Gasteiger partial charge >= 0.3 is 6.03 Å². The fraction of sp³-hybridized carbons (Fsp3) is 0.579. The lowest BCUT2D eigenvalue weighted by atomic mass is 10.0. The van der Waals surface area contributed by atoms with Crippen LogP contribution in [0.3, 0.4) is 0 Å². The summed E-state index contributed by atoms with van der Waals surface area (Å²) >= 11 is 0. The standard InChI is InChI=1S/C19H27N3O2/c1-15-6-5-11-22(13-15)19(24)20-17-8-4-7-16(12-17)14-21-10-3-2-9-18(21)23/h4,7-8,12,15H,2-3,5-6,9-11,13-14H2,1H3,(H,20,24). The minimum atomic E-state index is -0.0206. The van der Waals surface area contributed by atoms with Gasteiger partial charge in [-0.2, -0.15) is 0 Å². The molecular formula is C19H27N3O2. The van der Waals surface area contributed by atoms with Gasteiger partial charge < -0.3 is 15.1 Å². The smallest absolute Gasteiger partial charge is 0.321 e. The molecule has 24 heavy (non-hydrogen) atoms. The van der Waals surface area contributed by atoms with Gasteiger partial charge in [0.05, 0.1) is 0 Å². The molecule has 1 atom stereocenters. The van der Waals surface area contributed by atoms with Crippen LogP contribution in [0.15, 0.2) is 24.3 Å². The van der Waals surface area contributed by atoms with E-state index in [9.17, 15) is 9.59 Å². The third kappa shape index (κ3) is 4.28. The molecule has 0 saturated carbocycles. The van der Waals surface area contributed by atoms with Crippen molar-refractivity contribution in [2.24, 2.45) is 5.92 Å². The molecule has 1 aromatic rings. The molecule has 130 valence electrons. The van der Waals surface area contributed by atoms with Crippen LogP contribution in [0.5, 0.6) is 0 Å². The fourth-order valence-corrected chi connectivity index (χ4v) is 3.57. The van der Waals surface area contributed by atoms with Gasteiger partial charge in [0.15, 0.2) is 0 Å². The molecule has 0 aromatic heterocycles. The molecule has 0 radical (unpaired) electrons. The van der Waals surface area contributed by atoms with Crippen LogP contribution >= 0.6 is 0 Å². The molecule has 5 nitrogen and oxygen atoms in total. The van der Waals surface area contributed by atoms with Gasteiger partial charge in [0.25, 0.3) is 0 Å². The Balaban J connectivity index is 1.60. The van der Waals surface area contributed by atoms with Crippen molar-refractivity contribution in [3.05, 3.63) is 29.8 Å². The summed E-state index contributed by atoms with van der Waals surface area (Å²) in [6.07, 6.45) is 5.01. The first-order valence-corrected chi connectivity index (χ1v) is 9.04. The summed E-state index contributed by atoms with van der Waals surface area (Å²) in [6, 6.07) is 7.83. The van der Waals surface area contributed by atoms with Crippen molar-refractivity contribution in [3.63, 3.8) is 0 Å². The molecule has 3 rings (SSSR count). The van der Waals surface area contributed by atoms with Gasteiger partial charge in [0.2, 0.25) is 5.91 Å². The molecule has 1 N–H and O–H groups in total. The van der Waals surface area contributed by atoms with Gasteiger partial charge in [-0.25, -0.2) is 4.79 Å². The maximum Gasteiger partial charge on any atom is 0.321 e. The Labute approximate surface area is 144 Å². The van der Waals surface area contributed by atoms with Crippen LogP contribution in [0.4, 0.5) is 10.5 Å². The highest BCUT2D eigenvalue weighted by Crippen LogP contribution is 2.19. The summed E-state index contributed by atoms with van der Waals surface area (Å²) < 4.78 is 0. The van der Waals surface area contributed by atoms with Crippen molar-refractivity contribution in [3.8, 4) is 0 Å². The number of anilines is 1. The molecule has 0 spiro atoms. The maximum atomic E-state index is 12.4. The summed E-state index contributed by atoms with van der Waals surface area (Å²) in [5, 5.41) is 3.00. The predicted molar refractivity (Wildman–Crippen MR) is 94.7 cm³/mol. The quantitative estimate of drug-likeness (QED) is 0.923. The minimum absolute atomic E-state index is 0.0206. The number of likely N-dealkylation sites (tertiary alicyclic amines) is 2. The molecule has 2 heterocycles. The molecule has 2 aliphatic heterocycles. The van der Waals surface area contributed by atoms with E-state index in [1.165, 1.54) is 6.42 Å². The summed E-state index contributed by atoms with van der Waals surface area (Å²) in [4.78, 5) is 28.2. The highest BCUT2D eigenvalue weighted by Gasteiger charge is 2.21. The highest BCUT2D eigenvalue weighted by molar-refractivity contribution is 5.89. The number of urea groups is 1. The summed E-state index contributed by atoms with van der Waals surface area (Å²) in [7, 11) is 0. The minimum Gasteiger partial charge on any atom is -0.338 e. The number of benzene rings is 1. The SMILES string of the molecule is CC1CCCN(C(=O)Nc2cccc(CN3CCCCC3=O)c2)C1. The average molecular weight is 329 g/mol. The summed E-state index contributed by atoms with van der Waals surface area (Å²) in [6.45, 7) is 5.31. The van der Waals surface area contributed by atoms with Gasteiger partial charge in [0.1, 0.15) is 0 Å². The van der Waals surface area contributed by atoms with E-state index in [0.717, 1.165) is 50.1 Å². The summed E-state index contributed by atoms with van der Waals surface area (Å²) in [5.41, 5.74) is 1.87. The van der Waals surface area contributed by atoms with Crippen LogP contribution in [0.25, 0.3) is 0 Å². The van der Waals surface area contributed by atoms with Crippen molar-refractivity contribution in [1.29, 1.82) is 0 Å². The third-order valence-electron chi connectivity index (χ3n) is 4.92. The zero-order valence-electron chi connectivity index (χ0n) is 14.5. The molecule has 2 aliphatic rings. The van der Waals surface area contributed by atoms with E-state index >= 15 is 0 Å². The number of carbonyl (C=O) groups is 2. The Morgan fingerprint density at radius 3 is 2.92 bits per heavy atom. The lowest BCUT2D eigenvalue weighted by Crippen LogP contribution is -2.41. The Kier molecular flexibility index (Phi) is 5.38. The van der Waals surface area contributed by atoms with Gasteiger partial charge in [-0.05, 0) is 49.3 Å².